The van der Waals surface area contributed by atoms with Crippen LogP contribution < -0.4 is 34.3 Å². The van der Waals surface area contributed by atoms with E-state index in [9.17, 15) is 14.4 Å². The minimum absolute atomic E-state index is 0.151. The number of benzene rings is 3. The normalized spacial score (nSPS) is 19.8. The zero-order valence-corrected chi connectivity index (χ0v) is 24.0. The number of nitrogens with one attached hydrogen (secondary N) is 2. The molecule has 0 unspecified atom stereocenters. The topological polar surface area (TPSA) is 125 Å². The Kier molecular flexibility index (Phi) is 7.95. The summed E-state index contributed by atoms with van der Waals surface area (Å²) in [6.45, 7) is 1.13. The van der Waals surface area contributed by atoms with Crippen LogP contribution in [0.1, 0.15) is 38.3 Å². The first-order chi connectivity index (χ1) is 20.9. The summed E-state index contributed by atoms with van der Waals surface area (Å²) < 4.78 is 28.7. The molecule has 0 saturated carbocycles. The number of amides is 3. The van der Waals surface area contributed by atoms with E-state index in [1.807, 2.05) is 18.2 Å². The van der Waals surface area contributed by atoms with E-state index in [2.05, 4.69) is 10.6 Å². The SMILES string of the molecule is COc1cc2cc(c1)C(=O)N[C@H]1CN(C(=O)c3ccc4c(c3)CCCO4)C[C@@H]1Oc1ccc(c(OC)c1)CNC(=O)CO2. The van der Waals surface area contributed by atoms with Gasteiger partial charge in [-0.05, 0) is 60.9 Å². The third kappa shape index (κ3) is 6.15. The van der Waals surface area contributed by atoms with Gasteiger partial charge in [-0.25, -0.2) is 0 Å². The maximum atomic E-state index is 13.7. The average Bonchev–Trinajstić information content (AvgIpc) is 3.43. The van der Waals surface area contributed by atoms with Crippen LogP contribution in [0.4, 0.5) is 0 Å². The fourth-order valence-corrected chi connectivity index (χ4v) is 5.54. The molecule has 0 aliphatic carbocycles. The number of ether oxygens (including phenoxy) is 5. The molecular weight excluding hydrogens is 554 g/mol. The van der Waals surface area contributed by atoms with Crippen LogP contribution in [0.3, 0.4) is 0 Å². The number of likely N-dealkylation sites (tertiary alicyclic amines) is 1. The molecule has 1 fully saturated rings. The third-order valence-electron chi connectivity index (χ3n) is 7.80. The largest absolute Gasteiger partial charge is 0.497 e. The van der Waals surface area contributed by atoms with E-state index in [1.165, 1.54) is 7.11 Å². The molecule has 3 aromatic carbocycles. The molecule has 11 heteroatoms. The zero-order chi connectivity index (χ0) is 29.9. The van der Waals surface area contributed by atoms with Crippen LogP contribution in [0.25, 0.3) is 0 Å². The molecule has 3 aromatic rings. The fraction of sp³-hybridized carbons (Fsp3) is 0.344. The van der Waals surface area contributed by atoms with Crippen LogP contribution in [-0.4, -0.2) is 75.3 Å². The van der Waals surface area contributed by atoms with Crippen molar-refractivity contribution in [3.8, 4) is 28.7 Å². The van der Waals surface area contributed by atoms with Gasteiger partial charge in [0, 0.05) is 41.9 Å². The molecule has 2 atom stereocenters. The molecule has 11 nitrogen and oxygen atoms in total. The van der Waals surface area contributed by atoms with Crippen LogP contribution in [-0.2, 0) is 17.8 Å². The molecule has 0 aromatic heterocycles. The van der Waals surface area contributed by atoms with E-state index >= 15 is 0 Å². The summed E-state index contributed by atoms with van der Waals surface area (Å²) in [7, 11) is 3.02. The Bertz CT molecular complexity index is 1560. The molecular formula is C32H33N3O8. The maximum absolute atomic E-state index is 13.7. The first-order valence-corrected chi connectivity index (χ1v) is 14.2. The Hall–Kier alpha value is -4.93. The molecule has 0 spiro atoms. The zero-order valence-electron chi connectivity index (χ0n) is 24.0. The number of nitrogens with zero attached hydrogens (tertiary/aromatic N) is 1. The lowest BCUT2D eigenvalue weighted by molar-refractivity contribution is -0.123. The van der Waals surface area contributed by atoms with Crippen LogP contribution in [0.2, 0.25) is 0 Å². The molecule has 4 aliphatic rings. The van der Waals surface area contributed by atoms with Crippen molar-refractivity contribution < 1.29 is 38.1 Å². The lowest BCUT2D eigenvalue weighted by Gasteiger charge is -2.22. The highest BCUT2D eigenvalue weighted by molar-refractivity contribution is 5.96. The van der Waals surface area contributed by atoms with Gasteiger partial charge in [-0.3, -0.25) is 14.4 Å². The third-order valence-corrected chi connectivity index (χ3v) is 7.80. The highest BCUT2D eigenvalue weighted by Gasteiger charge is 2.39. The monoisotopic (exact) mass is 587 g/mol. The highest BCUT2D eigenvalue weighted by atomic mass is 16.5. The van der Waals surface area contributed by atoms with E-state index in [-0.39, 0.29) is 43.6 Å². The van der Waals surface area contributed by atoms with Gasteiger partial charge in [0.05, 0.1) is 33.4 Å². The van der Waals surface area contributed by atoms with E-state index in [0.717, 1.165) is 29.7 Å². The summed E-state index contributed by atoms with van der Waals surface area (Å²) in [5, 5.41) is 5.86. The molecule has 224 valence electrons. The molecule has 43 heavy (non-hydrogen) atoms. The molecule has 0 radical (unpaired) electrons. The van der Waals surface area contributed by atoms with E-state index in [0.29, 0.717) is 35.2 Å². The van der Waals surface area contributed by atoms with Crippen LogP contribution in [0.5, 0.6) is 28.7 Å². The van der Waals surface area contributed by atoms with Gasteiger partial charge < -0.3 is 39.2 Å². The van der Waals surface area contributed by atoms with Crippen molar-refractivity contribution in [1.82, 2.24) is 15.5 Å². The summed E-state index contributed by atoms with van der Waals surface area (Å²) in [5.41, 5.74) is 2.61. The average molecular weight is 588 g/mol. The minimum atomic E-state index is -0.555. The van der Waals surface area contributed by atoms with Gasteiger partial charge in [-0.2, -0.15) is 0 Å². The number of hydrogen-bond donors (Lipinski definition) is 2. The number of rotatable bonds is 3. The van der Waals surface area contributed by atoms with Crippen molar-refractivity contribution in [2.75, 3.05) is 40.5 Å². The number of fused-ring (bicyclic) bond motifs is 8. The first kappa shape index (κ1) is 28.2. The number of methoxy groups -OCH3 is 2. The molecule has 4 heterocycles. The summed E-state index contributed by atoms with van der Waals surface area (Å²) in [4.78, 5) is 41.4. The fourth-order valence-electron chi connectivity index (χ4n) is 5.54. The molecule has 4 bridgehead atoms. The van der Waals surface area contributed by atoms with Crippen molar-refractivity contribution in [2.45, 2.75) is 31.5 Å². The number of aryl methyl sites for hydroxylation is 1. The van der Waals surface area contributed by atoms with Crippen LogP contribution in [0.15, 0.2) is 54.6 Å². The molecule has 2 N–H and O–H groups in total. The van der Waals surface area contributed by atoms with E-state index in [1.54, 1.807) is 48.4 Å². The second-order valence-corrected chi connectivity index (χ2v) is 10.7. The second-order valence-electron chi connectivity index (χ2n) is 10.7. The predicted octanol–water partition coefficient (Wildman–Crippen LogP) is 2.74. The van der Waals surface area contributed by atoms with Gasteiger partial charge in [-0.1, -0.05) is 0 Å². The summed E-state index contributed by atoms with van der Waals surface area (Å²) in [6.07, 6.45) is 1.21. The molecule has 4 aliphatic heterocycles. The van der Waals surface area contributed by atoms with Gasteiger partial charge in [0.25, 0.3) is 17.7 Å². The van der Waals surface area contributed by atoms with Crippen molar-refractivity contribution in [3.05, 3.63) is 76.9 Å². The quantitative estimate of drug-likeness (QED) is 0.480. The second kappa shape index (κ2) is 12.1. The first-order valence-electron chi connectivity index (χ1n) is 14.2. The number of hydrogen-bond acceptors (Lipinski definition) is 8. The molecule has 3 amide bonds. The van der Waals surface area contributed by atoms with Crippen molar-refractivity contribution in [2.24, 2.45) is 0 Å². The number of carbonyl (C=O) groups is 3. The van der Waals surface area contributed by atoms with Gasteiger partial charge >= 0.3 is 0 Å². The molecule has 1 saturated heterocycles. The standard InChI is InChI=1S/C32H33N3O8/c1-39-24-11-22-12-25(13-24)42-18-30(36)33-15-21-5-7-23(14-28(21)40-2)43-29-17-35(16-26(29)34-31(22)37)32(38)20-6-8-27-19(10-20)4-3-9-41-27/h5-8,10-14,26,29H,3-4,9,15-18H2,1-2H3,(H,33,36)(H,34,37)/t26-,29-/m0/s1. The summed E-state index contributed by atoms with van der Waals surface area (Å²) in [5.74, 6) is 1.66. The molecule has 7 rings (SSSR count). The Morgan fingerprint density at radius 3 is 2.65 bits per heavy atom. The van der Waals surface area contributed by atoms with Crippen LogP contribution in [0, 0.1) is 0 Å². The van der Waals surface area contributed by atoms with Crippen LogP contribution >= 0.6 is 0 Å². The predicted molar refractivity (Wildman–Crippen MR) is 155 cm³/mol. The van der Waals surface area contributed by atoms with E-state index < -0.39 is 18.1 Å². The van der Waals surface area contributed by atoms with Gasteiger partial charge in [0.1, 0.15) is 34.9 Å². The van der Waals surface area contributed by atoms with Crippen molar-refractivity contribution in [3.63, 3.8) is 0 Å². The maximum Gasteiger partial charge on any atom is 0.258 e. The summed E-state index contributed by atoms with van der Waals surface area (Å²) >= 11 is 0. The van der Waals surface area contributed by atoms with Crippen molar-refractivity contribution >= 4 is 17.7 Å². The highest BCUT2D eigenvalue weighted by Crippen LogP contribution is 2.30. The minimum Gasteiger partial charge on any atom is -0.497 e. The Labute approximate surface area is 249 Å². The van der Waals surface area contributed by atoms with E-state index in [4.69, 9.17) is 23.7 Å². The van der Waals surface area contributed by atoms with Gasteiger partial charge in [0.2, 0.25) is 0 Å². The summed E-state index contributed by atoms with van der Waals surface area (Å²) in [6, 6.07) is 15.0. The van der Waals surface area contributed by atoms with Crippen molar-refractivity contribution in [1.29, 1.82) is 0 Å². The Morgan fingerprint density at radius 2 is 1.81 bits per heavy atom. The van der Waals surface area contributed by atoms with Gasteiger partial charge in [-0.15, -0.1) is 0 Å². The smallest absolute Gasteiger partial charge is 0.258 e. The number of carbonyl (C=O) groups excluding carboxylic acids is 3. The Balaban J connectivity index is 1.31. The van der Waals surface area contributed by atoms with Gasteiger partial charge in [0.15, 0.2) is 6.61 Å². The lowest BCUT2D eigenvalue weighted by atomic mass is 10.0. The lowest BCUT2D eigenvalue weighted by Crippen LogP contribution is -2.45. The Morgan fingerprint density at radius 1 is 0.930 bits per heavy atom.